The van der Waals surface area contributed by atoms with Crippen molar-refractivity contribution in [3.63, 3.8) is 0 Å². The molecule has 7 heteroatoms. The predicted molar refractivity (Wildman–Crippen MR) is 68.0 cm³/mol. The lowest BCUT2D eigenvalue weighted by molar-refractivity contribution is -0.142. The van der Waals surface area contributed by atoms with E-state index in [0.29, 0.717) is 6.42 Å². The van der Waals surface area contributed by atoms with Gasteiger partial charge < -0.3 is 10.4 Å². The van der Waals surface area contributed by atoms with Gasteiger partial charge in [0.2, 0.25) is 5.91 Å². The smallest absolute Gasteiger partial charge is 0.326 e. The molecule has 106 valence electrons. The maximum Gasteiger partial charge on any atom is 0.326 e. The van der Waals surface area contributed by atoms with Crippen LogP contribution in [0.25, 0.3) is 0 Å². The molecule has 18 heavy (non-hydrogen) atoms. The van der Waals surface area contributed by atoms with Crippen molar-refractivity contribution in [3.05, 3.63) is 0 Å². The van der Waals surface area contributed by atoms with Crippen molar-refractivity contribution in [3.8, 4) is 0 Å². The van der Waals surface area contributed by atoms with Gasteiger partial charge in [-0.25, -0.2) is 13.2 Å². The average Bonchev–Trinajstić information content (AvgIpc) is 2.13. The molecule has 2 N–H and O–H groups in total. The largest absolute Gasteiger partial charge is 0.480 e. The molecular weight excluding hydrogens is 258 g/mol. The molecule has 0 spiro atoms. The standard InChI is InChI=1S/C11H21NO5S/c1-8(2)7-9(11(14)15)12-10(13)5-4-6-18(3,16)17/h8-9H,4-7H2,1-3H3,(H,12,13)(H,14,15)/t9-/m0/s1. The van der Waals surface area contributed by atoms with Crippen molar-refractivity contribution < 1.29 is 23.1 Å². The first-order valence-electron chi connectivity index (χ1n) is 5.81. The highest BCUT2D eigenvalue weighted by molar-refractivity contribution is 7.90. The molecule has 0 aliphatic carbocycles. The summed E-state index contributed by atoms with van der Waals surface area (Å²) >= 11 is 0. The summed E-state index contributed by atoms with van der Waals surface area (Å²) in [6.07, 6.45) is 1.69. The summed E-state index contributed by atoms with van der Waals surface area (Å²) in [5.74, 6) is -1.41. The lowest BCUT2D eigenvalue weighted by Crippen LogP contribution is -2.41. The van der Waals surface area contributed by atoms with Crippen LogP contribution in [0.2, 0.25) is 0 Å². The Bertz CT molecular complexity index is 388. The normalized spacial score (nSPS) is 13.3. The third-order valence-corrected chi connectivity index (χ3v) is 3.29. The average molecular weight is 279 g/mol. The van der Waals surface area contributed by atoms with Gasteiger partial charge in [0, 0.05) is 12.7 Å². The number of carbonyl (C=O) groups excluding carboxylic acids is 1. The van der Waals surface area contributed by atoms with Gasteiger partial charge in [-0.15, -0.1) is 0 Å². The molecule has 0 heterocycles. The Morgan fingerprint density at radius 1 is 1.28 bits per heavy atom. The van der Waals surface area contributed by atoms with E-state index in [4.69, 9.17) is 5.11 Å². The second-order valence-corrected chi connectivity index (χ2v) is 7.08. The molecule has 0 unspecified atom stereocenters. The van der Waals surface area contributed by atoms with Crippen molar-refractivity contribution in [1.29, 1.82) is 0 Å². The summed E-state index contributed by atoms with van der Waals surface area (Å²) in [4.78, 5) is 22.3. The van der Waals surface area contributed by atoms with Crippen LogP contribution in [0.3, 0.4) is 0 Å². The number of carbonyl (C=O) groups is 2. The molecule has 0 radical (unpaired) electrons. The van der Waals surface area contributed by atoms with Crippen LogP contribution in [0.5, 0.6) is 0 Å². The first-order valence-corrected chi connectivity index (χ1v) is 7.87. The van der Waals surface area contributed by atoms with Gasteiger partial charge in [-0.05, 0) is 18.8 Å². The first kappa shape index (κ1) is 16.9. The Morgan fingerprint density at radius 3 is 2.22 bits per heavy atom. The molecule has 0 fully saturated rings. The highest BCUT2D eigenvalue weighted by Crippen LogP contribution is 2.05. The zero-order chi connectivity index (χ0) is 14.3. The number of nitrogens with one attached hydrogen (secondary N) is 1. The van der Waals surface area contributed by atoms with E-state index in [0.717, 1.165) is 6.26 Å². The summed E-state index contributed by atoms with van der Waals surface area (Å²) in [7, 11) is -3.08. The molecule has 0 saturated carbocycles. The summed E-state index contributed by atoms with van der Waals surface area (Å²) < 4.78 is 21.7. The summed E-state index contributed by atoms with van der Waals surface area (Å²) in [6.45, 7) is 3.73. The van der Waals surface area contributed by atoms with E-state index in [1.54, 1.807) is 0 Å². The van der Waals surface area contributed by atoms with E-state index in [1.807, 2.05) is 13.8 Å². The van der Waals surface area contributed by atoms with E-state index in [-0.39, 0.29) is 24.5 Å². The molecule has 0 aliphatic heterocycles. The van der Waals surface area contributed by atoms with Crippen LogP contribution >= 0.6 is 0 Å². The van der Waals surface area contributed by atoms with E-state index >= 15 is 0 Å². The highest BCUT2D eigenvalue weighted by atomic mass is 32.2. The predicted octanol–water partition coefficient (Wildman–Crippen LogP) is 0.427. The number of amides is 1. The van der Waals surface area contributed by atoms with Crippen molar-refractivity contribution >= 4 is 21.7 Å². The monoisotopic (exact) mass is 279 g/mol. The molecule has 0 aliphatic rings. The molecular formula is C11H21NO5S. The van der Waals surface area contributed by atoms with Gasteiger partial charge in [-0.1, -0.05) is 13.8 Å². The van der Waals surface area contributed by atoms with Gasteiger partial charge in [0.25, 0.3) is 0 Å². The zero-order valence-electron chi connectivity index (χ0n) is 11.0. The molecule has 0 aromatic heterocycles. The zero-order valence-corrected chi connectivity index (χ0v) is 11.8. The Kier molecular flexibility index (Phi) is 6.90. The molecule has 6 nitrogen and oxygen atoms in total. The molecule has 0 aromatic rings. The van der Waals surface area contributed by atoms with Crippen LogP contribution in [0.15, 0.2) is 0 Å². The van der Waals surface area contributed by atoms with Gasteiger partial charge in [-0.2, -0.15) is 0 Å². The van der Waals surface area contributed by atoms with Crippen molar-refractivity contribution in [2.24, 2.45) is 5.92 Å². The fourth-order valence-corrected chi connectivity index (χ4v) is 2.12. The number of hydrogen-bond acceptors (Lipinski definition) is 4. The number of hydrogen-bond donors (Lipinski definition) is 2. The van der Waals surface area contributed by atoms with Crippen molar-refractivity contribution in [2.75, 3.05) is 12.0 Å². The number of sulfone groups is 1. The Balaban J connectivity index is 4.15. The maximum atomic E-state index is 11.5. The lowest BCUT2D eigenvalue weighted by Gasteiger charge is -2.16. The van der Waals surface area contributed by atoms with Crippen LogP contribution < -0.4 is 5.32 Å². The van der Waals surface area contributed by atoms with E-state index in [2.05, 4.69) is 5.32 Å². The molecule has 0 saturated heterocycles. The summed E-state index contributed by atoms with van der Waals surface area (Å²) in [5.41, 5.74) is 0. The van der Waals surface area contributed by atoms with E-state index < -0.39 is 27.8 Å². The third-order valence-electron chi connectivity index (χ3n) is 2.26. The molecule has 0 bridgehead atoms. The van der Waals surface area contributed by atoms with Crippen molar-refractivity contribution in [1.82, 2.24) is 5.32 Å². The Labute approximate surface area is 108 Å². The van der Waals surface area contributed by atoms with Crippen molar-refractivity contribution in [2.45, 2.75) is 39.2 Å². The topological polar surface area (TPSA) is 101 Å². The second-order valence-electron chi connectivity index (χ2n) is 4.82. The second kappa shape index (κ2) is 7.35. The van der Waals surface area contributed by atoms with Gasteiger partial charge in [0.1, 0.15) is 15.9 Å². The molecule has 1 amide bonds. The third kappa shape index (κ3) is 8.98. The molecule has 0 aromatic carbocycles. The fraction of sp³-hybridized carbons (Fsp3) is 0.818. The Hall–Kier alpha value is -1.11. The van der Waals surface area contributed by atoms with Gasteiger partial charge in [-0.3, -0.25) is 4.79 Å². The first-order chi connectivity index (χ1) is 8.11. The minimum atomic E-state index is -3.08. The van der Waals surface area contributed by atoms with Crippen LogP contribution in [-0.2, 0) is 19.4 Å². The van der Waals surface area contributed by atoms with Crippen LogP contribution in [0.4, 0.5) is 0 Å². The molecule has 1 atom stereocenters. The SMILES string of the molecule is CC(C)C[C@H](NC(=O)CCCS(C)(=O)=O)C(=O)O. The maximum absolute atomic E-state index is 11.5. The lowest BCUT2D eigenvalue weighted by atomic mass is 10.0. The van der Waals surface area contributed by atoms with Crippen LogP contribution in [-0.4, -0.2) is 43.5 Å². The van der Waals surface area contributed by atoms with Gasteiger partial charge in [0.05, 0.1) is 5.75 Å². The number of carboxylic acids is 1. The number of rotatable bonds is 8. The van der Waals surface area contributed by atoms with E-state index in [1.165, 1.54) is 0 Å². The van der Waals surface area contributed by atoms with Crippen LogP contribution in [0.1, 0.15) is 33.1 Å². The number of carboxylic acid groups (broad SMARTS) is 1. The highest BCUT2D eigenvalue weighted by Gasteiger charge is 2.20. The Morgan fingerprint density at radius 2 is 1.83 bits per heavy atom. The van der Waals surface area contributed by atoms with Crippen LogP contribution in [0, 0.1) is 5.92 Å². The minimum Gasteiger partial charge on any atom is -0.480 e. The minimum absolute atomic E-state index is 0.0228. The summed E-state index contributed by atoms with van der Waals surface area (Å²) in [6, 6.07) is -0.907. The van der Waals surface area contributed by atoms with E-state index in [9.17, 15) is 18.0 Å². The quantitative estimate of drug-likeness (QED) is 0.671. The van der Waals surface area contributed by atoms with Gasteiger partial charge in [0.15, 0.2) is 0 Å². The molecule has 0 rings (SSSR count). The van der Waals surface area contributed by atoms with Gasteiger partial charge >= 0.3 is 5.97 Å². The fourth-order valence-electron chi connectivity index (χ4n) is 1.45. The summed E-state index contributed by atoms with van der Waals surface area (Å²) in [5, 5.41) is 11.3. The number of aliphatic carboxylic acids is 1.